The number of carboxylic acid groups (broad SMARTS) is 1. The van der Waals surface area contributed by atoms with E-state index < -0.39 is 17.3 Å². The highest BCUT2D eigenvalue weighted by atomic mass is 35.5. The lowest BCUT2D eigenvalue weighted by molar-refractivity contribution is 0.0177. The van der Waals surface area contributed by atoms with Crippen molar-refractivity contribution in [3.05, 3.63) is 77.1 Å². The number of hydroxylamine groups is 1. The second kappa shape index (κ2) is 7.44. The van der Waals surface area contributed by atoms with Crippen LogP contribution in [0.4, 0.5) is 15.8 Å². The first-order chi connectivity index (χ1) is 13.4. The van der Waals surface area contributed by atoms with E-state index in [0.29, 0.717) is 16.1 Å². The molecule has 2 N–H and O–H groups in total. The van der Waals surface area contributed by atoms with Crippen LogP contribution in [0, 0.1) is 5.82 Å². The summed E-state index contributed by atoms with van der Waals surface area (Å²) in [6, 6.07) is 16.9. The molecular weight excluding hydrogens is 403 g/mol. The van der Waals surface area contributed by atoms with Gasteiger partial charge in [0.05, 0.1) is 16.3 Å². The lowest BCUT2D eigenvalue weighted by atomic mass is 10.0. The highest BCUT2D eigenvalue weighted by Crippen LogP contribution is 2.45. The third kappa shape index (κ3) is 3.45. The average molecular weight is 417 g/mol. The Kier molecular flexibility index (Phi) is 4.99. The third-order valence-electron chi connectivity index (χ3n) is 4.38. The molecular formula is C20H14ClFN2O3S. The van der Waals surface area contributed by atoms with Crippen molar-refractivity contribution in [1.82, 2.24) is 4.47 Å². The van der Waals surface area contributed by atoms with Crippen molar-refractivity contribution in [2.24, 2.45) is 0 Å². The predicted octanol–water partition coefficient (Wildman–Crippen LogP) is 5.65. The molecule has 1 aliphatic heterocycles. The summed E-state index contributed by atoms with van der Waals surface area (Å²) in [5.74, 6) is -2.16. The molecule has 0 spiro atoms. The number of carboxylic acids is 1. The van der Waals surface area contributed by atoms with E-state index in [0.717, 1.165) is 38.8 Å². The van der Waals surface area contributed by atoms with Crippen LogP contribution >= 0.6 is 23.5 Å². The molecule has 1 heterocycles. The maximum Gasteiger partial charge on any atom is 0.338 e. The number of aromatic carboxylic acids is 1. The van der Waals surface area contributed by atoms with Crippen molar-refractivity contribution in [2.75, 3.05) is 11.6 Å². The van der Waals surface area contributed by atoms with Crippen molar-refractivity contribution in [3.63, 3.8) is 0 Å². The lowest BCUT2D eigenvalue weighted by Gasteiger charge is -2.34. The van der Waals surface area contributed by atoms with Gasteiger partial charge in [-0.25, -0.2) is 9.18 Å². The normalized spacial score (nSPS) is 14.0. The summed E-state index contributed by atoms with van der Waals surface area (Å²) in [7, 11) is 0. The second-order valence-corrected chi connectivity index (χ2v) is 7.60. The van der Waals surface area contributed by atoms with Crippen LogP contribution < -0.4 is 4.90 Å². The van der Waals surface area contributed by atoms with Gasteiger partial charge in [-0.2, -0.15) is 0 Å². The summed E-state index contributed by atoms with van der Waals surface area (Å²) in [6.45, 7) is 0.247. The van der Waals surface area contributed by atoms with Crippen molar-refractivity contribution in [3.8, 4) is 11.1 Å². The molecule has 5 nitrogen and oxygen atoms in total. The summed E-state index contributed by atoms with van der Waals surface area (Å²) in [5, 5.41) is 19.7. The van der Waals surface area contributed by atoms with Gasteiger partial charge in [0.25, 0.3) is 0 Å². The molecule has 0 bridgehead atoms. The van der Waals surface area contributed by atoms with Gasteiger partial charge >= 0.3 is 5.97 Å². The van der Waals surface area contributed by atoms with Crippen molar-refractivity contribution >= 4 is 40.9 Å². The van der Waals surface area contributed by atoms with Crippen molar-refractivity contribution in [1.29, 1.82) is 0 Å². The number of rotatable bonds is 3. The fraction of sp³-hybridized carbons (Fsp3) is 0.0500. The summed E-state index contributed by atoms with van der Waals surface area (Å²) < 4.78 is 14.8. The molecule has 0 amide bonds. The maximum absolute atomic E-state index is 13.7. The van der Waals surface area contributed by atoms with E-state index in [1.54, 1.807) is 12.1 Å². The monoisotopic (exact) mass is 416 g/mol. The van der Waals surface area contributed by atoms with Gasteiger partial charge in [-0.05, 0) is 53.9 Å². The number of fused-ring (bicyclic) bond motifs is 1. The van der Waals surface area contributed by atoms with E-state index in [4.69, 9.17) is 11.6 Å². The summed E-state index contributed by atoms with van der Waals surface area (Å²) in [5.41, 5.74) is 2.32. The molecule has 0 atom stereocenters. The van der Waals surface area contributed by atoms with Crippen LogP contribution in [0.1, 0.15) is 10.4 Å². The summed E-state index contributed by atoms with van der Waals surface area (Å²) >= 11 is 7.64. The molecule has 3 aromatic carbocycles. The standard InChI is InChI=1S/C20H14ClFN2O3S/c21-16-10-18-19(28-24(27)11-23(18)13-4-2-1-3-5-13)9-14(16)12-6-7-17(22)15(8-12)20(25)26/h1-10,27H,11H2,(H,25,26). The first-order valence-electron chi connectivity index (χ1n) is 8.28. The first kappa shape index (κ1) is 18.8. The van der Waals surface area contributed by atoms with Gasteiger partial charge in [0.2, 0.25) is 0 Å². The topological polar surface area (TPSA) is 64.0 Å². The zero-order valence-electron chi connectivity index (χ0n) is 14.3. The smallest absolute Gasteiger partial charge is 0.338 e. The van der Waals surface area contributed by atoms with Crippen LogP contribution in [0.25, 0.3) is 11.1 Å². The van der Waals surface area contributed by atoms with E-state index in [1.807, 2.05) is 35.2 Å². The van der Waals surface area contributed by atoms with E-state index in [9.17, 15) is 19.5 Å². The molecule has 28 heavy (non-hydrogen) atoms. The van der Waals surface area contributed by atoms with Gasteiger partial charge in [0, 0.05) is 16.1 Å². The van der Waals surface area contributed by atoms with Gasteiger partial charge in [0.1, 0.15) is 12.5 Å². The van der Waals surface area contributed by atoms with Gasteiger partial charge in [0.15, 0.2) is 0 Å². The zero-order valence-corrected chi connectivity index (χ0v) is 15.9. The Morgan fingerprint density at radius 2 is 1.86 bits per heavy atom. The maximum atomic E-state index is 13.7. The third-order valence-corrected chi connectivity index (χ3v) is 5.54. The minimum atomic E-state index is -1.35. The number of para-hydroxylation sites is 1. The highest BCUT2D eigenvalue weighted by Gasteiger charge is 2.26. The Balaban J connectivity index is 1.83. The fourth-order valence-electron chi connectivity index (χ4n) is 3.07. The average Bonchev–Trinajstić information content (AvgIpc) is 2.68. The van der Waals surface area contributed by atoms with Crippen LogP contribution in [0.2, 0.25) is 5.02 Å². The number of anilines is 2. The molecule has 1 aliphatic rings. The zero-order chi connectivity index (χ0) is 19.8. The quantitative estimate of drug-likeness (QED) is 0.538. The summed E-state index contributed by atoms with van der Waals surface area (Å²) in [4.78, 5) is 13.9. The van der Waals surface area contributed by atoms with Crippen LogP contribution in [-0.2, 0) is 0 Å². The molecule has 8 heteroatoms. The molecule has 0 saturated carbocycles. The van der Waals surface area contributed by atoms with E-state index in [2.05, 4.69) is 0 Å². The van der Waals surface area contributed by atoms with Gasteiger partial charge in [-0.1, -0.05) is 35.9 Å². The Labute approximate surface area is 169 Å². The van der Waals surface area contributed by atoms with Crippen LogP contribution in [0.15, 0.2) is 65.6 Å². The van der Waals surface area contributed by atoms with E-state index in [-0.39, 0.29) is 6.67 Å². The Bertz CT molecular complexity index is 1060. The molecule has 0 saturated heterocycles. The lowest BCUT2D eigenvalue weighted by Crippen LogP contribution is -2.32. The molecule has 142 valence electrons. The minimum Gasteiger partial charge on any atom is -0.478 e. The van der Waals surface area contributed by atoms with E-state index in [1.165, 1.54) is 12.1 Å². The molecule has 0 unspecified atom stereocenters. The van der Waals surface area contributed by atoms with Crippen LogP contribution in [0.5, 0.6) is 0 Å². The van der Waals surface area contributed by atoms with Crippen molar-refractivity contribution < 1.29 is 19.5 Å². The molecule has 0 aromatic heterocycles. The predicted molar refractivity (Wildman–Crippen MR) is 107 cm³/mol. The Morgan fingerprint density at radius 1 is 1.11 bits per heavy atom. The Hall–Kier alpha value is -2.58. The number of carbonyl (C=O) groups is 1. The minimum absolute atomic E-state index is 0.247. The van der Waals surface area contributed by atoms with E-state index >= 15 is 0 Å². The highest BCUT2D eigenvalue weighted by molar-refractivity contribution is 7.97. The molecule has 0 fully saturated rings. The SMILES string of the molecule is O=C(O)c1cc(-c2cc3c(cc2Cl)N(c2ccccc2)CN(O)S3)ccc1F. The molecule has 0 radical (unpaired) electrons. The van der Waals surface area contributed by atoms with Crippen molar-refractivity contribution in [2.45, 2.75) is 4.90 Å². The number of halogens is 2. The van der Waals surface area contributed by atoms with Gasteiger partial charge < -0.3 is 15.2 Å². The van der Waals surface area contributed by atoms with Crippen LogP contribution in [0.3, 0.4) is 0 Å². The fourth-order valence-corrected chi connectivity index (χ4v) is 4.17. The number of benzene rings is 3. The van der Waals surface area contributed by atoms with Gasteiger partial charge in [-0.3, -0.25) is 0 Å². The Morgan fingerprint density at radius 3 is 2.57 bits per heavy atom. The van der Waals surface area contributed by atoms with Crippen LogP contribution in [-0.4, -0.2) is 27.4 Å². The molecule has 0 aliphatic carbocycles. The number of hydrogen-bond donors (Lipinski definition) is 2. The number of nitrogens with zero attached hydrogens (tertiary/aromatic N) is 2. The first-order valence-corrected chi connectivity index (χ1v) is 9.43. The summed E-state index contributed by atoms with van der Waals surface area (Å²) in [6.07, 6.45) is 0. The number of hydrogen-bond acceptors (Lipinski definition) is 5. The van der Waals surface area contributed by atoms with Gasteiger partial charge in [-0.15, -0.1) is 4.47 Å². The molecule has 3 aromatic rings. The second-order valence-electron chi connectivity index (χ2n) is 6.15. The molecule has 4 rings (SSSR count). The largest absolute Gasteiger partial charge is 0.478 e.